The summed E-state index contributed by atoms with van der Waals surface area (Å²) in [7, 11) is 1.72. The monoisotopic (exact) mass is 201 g/mol. The van der Waals surface area contributed by atoms with Crippen molar-refractivity contribution in [3.63, 3.8) is 0 Å². The first-order valence-corrected chi connectivity index (χ1v) is 5.67. The molecule has 14 heavy (non-hydrogen) atoms. The molecule has 1 fully saturated rings. The van der Waals surface area contributed by atoms with E-state index >= 15 is 0 Å². The van der Waals surface area contributed by atoms with Crippen LogP contribution >= 0.6 is 0 Å². The average molecular weight is 201 g/mol. The van der Waals surface area contributed by atoms with Gasteiger partial charge in [-0.05, 0) is 26.2 Å². The third-order valence-corrected chi connectivity index (χ3v) is 2.98. The lowest BCUT2D eigenvalue weighted by Crippen LogP contribution is -2.46. The SMILES string of the molecule is COCCC(C)N[C@@H]1CCCC[C@H]1O. The molecule has 1 unspecified atom stereocenters. The van der Waals surface area contributed by atoms with Crippen molar-refractivity contribution in [2.24, 2.45) is 0 Å². The summed E-state index contributed by atoms with van der Waals surface area (Å²) in [6, 6.07) is 0.739. The number of rotatable bonds is 5. The number of methoxy groups -OCH3 is 1. The van der Waals surface area contributed by atoms with Gasteiger partial charge in [0.05, 0.1) is 6.10 Å². The van der Waals surface area contributed by atoms with Crippen LogP contribution < -0.4 is 5.32 Å². The van der Waals surface area contributed by atoms with Gasteiger partial charge in [-0.1, -0.05) is 12.8 Å². The number of ether oxygens (including phenoxy) is 1. The second-order valence-electron chi connectivity index (χ2n) is 4.31. The predicted octanol–water partition coefficient (Wildman–Crippen LogP) is 1.30. The van der Waals surface area contributed by atoms with Crippen molar-refractivity contribution in [3.05, 3.63) is 0 Å². The lowest BCUT2D eigenvalue weighted by Gasteiger charge is -2.31. The van der Waals surface area contributed by atoms with E-state index < -0.39 is 0 Å². The first kappa shape index (κ1) is 12.0. The predicted molar refractivity (Wildman–Crippen MR) is 57.4 cm³/mol. The molecule has 3 heteroatoms. The van der Waals surface area contributed by atoms with Gasteiger partial charge in [-0.15, -0.1) is 0 Å². The third kappa shape index (κ3) is 3.95. The normalized spacial score (nSPS) is 30.2. The molecule has 0 amide bonds. The molecule has 1 aliphatic rings. The van der Waals surface area contributed by atoms with Gasteiger partial charge < -0.3 is 15.2 Å². The van der Waals surface area contributed by atoms with Crippen LogP contribution in [0.1, 0.15) is 39.0 Å². The van der Waals surface area contributed by atoms with Crippen molar-refractivity contribution in [2.45, 2.75) is 57.2 Å². The van der Waals surface area contributed by atoms with Gasteiger partial charge in [0.25, 0.3) is 0 Å². The number of nitrogens with one attached hydrogen (secondary N) is 1. The van der Waals surface area contributed by atoms with E-state index in [1.165, 1.54) is 12.8 Å². The van der Waals surface area contributed by atoms with Crippen molar-refractivity contribution in [3.8, 4) is 0 Å². The molecule has 1 rings (SSSR count). The zero-order valence-electron chi connectivity index (χ0n) is 9.33. The molecule has 0 saturated heterocycles. The van der Waals surface area contributed by atoms with Gasteiger partial charge in [-0.3, -0.25) is 0 Å². The quantitative estimate of drug-likeness (QED) is 0.704. The largest absolute Gasteiger partial charge is 0.392 e. The molecule has 3 nitrogen and oxygen atoms in total. The molecular formula is C11H23NO2. The highest BCUT2D eigenvalue weighted by Gasteiger charge is 2.23. The summed E-state index contributed by atoms with van der Waals surface area (Å²) >= 11 is 0. The highest BCUT2D eigenvalue weighted by Crippen LogP contribution is 2.18. The fourth-order valence-electron chi connectivity index (χ4n) is 2.05. The zero-order chi connectivity index (χ0) is 10.4. The van der Waals surface area contributed by atoms with E-state index in [-0.39, 0.29) is 6.10 Å². The Morgan fingerprint density at radius 3 is 2.79 bits per heavy atom. The van der Waals surface area contributed by atoms with Gasteiger partial charge in [0, 0.05) is 25.8 Å². The van der Waals surface area contributed by atoms with Crippen LogP contribution in [-0.2, 0) is 4.74 Å². The maximum Gasteiger partial charge on any atom is 0.0693 e. The minimum Gasteiger partial charge on any atom is -0.392 e. The third-order valence-electron chi connectivity index (χ3n) is 2.98. The minimum absolute atomic E-state index is 0.145. The van der Waals surface area contributed by atoms with Crippen molar-refractivity contribution in [1.29, 1.82) is 0 Å². The second kappa shape index (κ2) is 6.38. The van der Waals surface area contributed by atoms with Gasteiger partial charge >= 0.3 is 0 Å². The first-order chi connectivity index (χ1) is 6.74. The Morgan fingerprint density at radius 1 is 1.43 bits per heavy atom. The zero-order valence-corrected chi connectivity index (χ0v) is 9.33. The Kier molecular flexibility index (Phi) is 5.45. The molecule has 0 aliphatic heterocycles. The summed E-state index contributed by atoms with van der Waals surface area (Å²) in [5.74, 6) is 0. The van der Waals surface area contributed by atoms with Crippen molar-refractivity contribution < 1.29 is 9.84 Å². The van der Waals surface area contributed by atoms with Crippen LogP contribution in [0.2, 0.25) is 0 Å². The molecule has 0 aromatic heterocycles. The smallest absolute Gasteiger partial charge is 0.0693 e. The number of aliphatic hydroxyl groups is 1. The van der Waals surface area contributed by atoms with Crippen LogP contribution in [0.15, 0.2) is 0 Å². The maximum absolute atomic E-state index is 9.75. The van der Waals surface area contributed by atoms with Crippen LogP contribution in [0.5, 0.6) is 0 Å². The van der Waals surface area contributed by atoms with Gasteiger partial charge in [-0.25, -0.2) is 0 Å². The molecule has 0 bridgehead atoms. The Labute approximate surface area is 86.8 Å². The van der Waals surface area contributed by atoms with Crippen LogP contribution in [0.4, 0.5) is 0 Å². The van der Waals surface area contributed by atoms with E-state index in [0.717, 1.165) is 25.9 Å². The van der Waals surface area contributed by atoms with Crippen LogP contribution in [0.25, 0.3) is 0 Å². The molecule has 1 aliphatic carbocycles. The molecule has 0 radical (unpaired) electrons. The molecule has 0 heterocycles. The molecule has 3 atom stereocenters. The van der Waals surface area contributed by atoms with Gasteiger partial charge in [0.2, 0.25) is 0 Å². The Morgan fingerprint density at radius 2 is 2.14 bits per heavy atom. The van der Waals surface area contributed by atoms with Gasteiger partial charge in [0.1, 0.15) is 0 Å². The number of hydrogen-bond donors (Lipinski definition) is 2. The van der Waals surface area contributed by atoms with E-state index in [1.807, 2.05) is 0 Å². The van der Waals surface area contributed by atoms with E-state index in [4.69, 9.17) is 4.74 Å². The molecule has 84 valence electrons. The first-order valence-electron chi connectivity index (χ1n) is 5.67. The number of aliphatic hydroxyl groups excluding tert-OH is 1. The summed E-state index contributed by atoms with van der Waals surface area (Å²) in [6.45, 7) is 2.94. The van der Waals surface area contributed by atoms with E-state index in [2.05, 4.69) is 12.2 Å². The lowest BCUT2D eigenvalue weighted by atomic mass is 9.92. The van der Waals surface area contributed by atoms with Crippen LogP contribution in [-0.4, -0.2) is 37.0 Å². The molecule has 0 aromatic rings. The Bertz CT molecular complexity index is 152. The highest BCUT2D eigenvalue weighted by molar-refractivity contribution is 4.82. The Balaban J connectivity index is 2.20. The minimum atomic E-state index is -0.145. The van der Waals surface area contributed by atoms with Crippen molar-refractivity contribution in [2.75, 3.05) is 13.7 Å². The molecule has 2 N–H and O–H groups in total. The summed E-state index contributed by atoms with van der Waals surface area (Å²) < 4.78 is 5.03. The molecule has 1 saturated carbocycles. The Hall–Kier alpha value is -0.120. The summed E-state index contributed by atoms with van der Waals surface area (Å²) in [4.78, 5) is 0. The van der Waals surface area contributed by atoms with E-state index in [1.54, 1.807) is 7.11 Å². The maximum atomic E-state index is 9.75. The fraction of sp³-hybridized carbons (Fsp3) is 1.00. The summed E-state index contributed by atoms with van der Waals surface area (Å²) in [6.07, 6.45) is 5.35. The van der Waals surface area contributed by atoms with Crippen LogP contribution in [0, 0.1) is 0 Å². The van der Waals surface area contributed by atoms with Crippen molar-refractivity contribution >= 4 is 0 Å². The summed E-state index contributed by atoms with van der Waals surface area (Å²) in [5.41, 5.74) is 0. The van der Waals surface area contributed by atoms with Crippen molar-refractivity contribution in [1.82, 2.24) is 5.32 Å². The molecule has 0 aromatic carbocycles. The standard InChI is InChI=1S/C11H23NO2/c1-9(7-8-14-2)12-10-5-3-4-6-11(10)13/h9-13H,3-8H2,1-2H3/t9?,10-,11-/m1/s1. The van der Waals surface area contributed by atoms with Gasteiger partial charge in [0.15, 0.2) is 0 Å². The van der Waals surface area contributed by atoms with Crippen LogP contribution in [0.3, 0.4) is 0 Å². The summed E-state index contributed by atoms with van der Waals surface area (Å²) in [5, 5.41) is 13.2. The van der Waals surface area contributed by atoms with E-state index in [0.29, 0.717) is 12.1 Å². The topological polar surface area (TPSA) is 41.5 Å². The molecule has 0 spiro atoms. The van der Waals surface area contributed by atoms with Gasteiger partial charge in [-0.2, -0.15) is 0 Å². The molecular weight excluding hydrogens is 178 g/mol. The average Bonchev–Trinajstić information content (AvgIpc) is 2.18. The van der Waals surface area contributed by atoms with E-state index in [9.17, 15) is 5.11 Å². The second-order valence-corrected chi connectivity index (χ2v) is 4.31. The lowest BCUT2D eigenvalue weighted by molar-refractivity contribution is 0.0823. The fourth-order valence-corrected chi connectivity index (χ4v) is 2.05. The highest BCUT2D eigenvalue weighted by atomic mass is 16.5. The number of hydrogen-bond acceptors (Lipinski definition) is 3.